The monoisotopic (exact) mass is 420 g/mol. The number of nitrogens with zero attached hydrogens (tertiary/aromatic N) is 3. The van der Waals surface area contributed by atoms with E-state index in [0.717, 1.165) is 23.3 Å². The Labute approximate surface area is 177 Å². The van der Waals surface area contributed by atoms with Crippen LogP contribution in [0.25, 0.3) is 22.6 Å². The summed E-state index contributed by atoms with van der Waals surface area (Å²) >= 11 is 0. The van der Waals surface area contributed by atoms with Crippen molar-refractivity contribution >= 4 is 5.82 Å². The normalized spacial score (nSPS) is 12.4. The molecular formula is C24H19F3N4. The van der Waals surface area contributed by atoms with Gasteiger partial charge in [0.1, 0.15) is 5.82 Å². The molecule has 4 aromatic rings. The molecule has 0 bridgehead atoms. The molecule has 2 aromatic heterocycles. The SMILES string of the molecule is CC(Nc1cc(-c2cccc(C(F)(F)F)c2)nc(-c2ccncc2)n1)c1ccccc1. The summed E-state index contributed by atoms with van der Waals surface area (Å²) in [5.74, 6) is 0.922. The summed E-state index contributed by atoms with van der Waals surface area (Å²) in [7, 11) is 0. The highest BCUT2D eigenvalue weighted by atomic mass is 19.4. The van der Waals surface area contributed by atoms with Gasteiger partial charge >= 0.3 is 6.18 Å². The van der Waals surface area contributed by atoms with Gasteiger partial charge in [-0.15, -0.1) is 0 Å². The standard InChI is InChI=1S/C24H19F3N4/c1-16(17-6-3-2-4-7-17)29-22-15-21(19-8-5-9-20(14-19)24(25,26)27)30-23(31-22)18-10-12-28-13-11-18/h2-16H,1H3,(H,29,30,31). The molecule has 0 amide bonds. The highest BCUT2D eigenvalue weighted by molar-refractivity contribution is 5.68. The predicted molar refractivity (Wildman–Crippen MR) is 114 cm³/mol. The fourth-order valence-electron chi connectivity index (χ4n) is 3.20. The van der Waals surface area contributed by atoms with E-state index >= 15 is 0 Å². The van der Waals surface area contributed by atoms with E-state index in [1.807, 2.05) is 37.3 Å². The first-order valence-corrected chi connectivity index (χ1v) is 9.69. The summed E-state index contributed by atoms with van der Waals surface area (Å²) in [4.78, 5) is 13.1. The zero-order valence-electron chi connectivity index (χ0n) is 16.6. The second-order valence-corrected chi connectivity index (χ2v) is 7.05. The van der Waals surface area contributed by atoms with E-state index in [9.17, 15) is 13.2 Å². The maximum atomic E-state index is 13.2. The van der Waals surface area contributed by atoms with Crippen LogP contribution in [0.4, 0.5) is 19.0 Å². The number of hydrogen-bond donors (Lipinski definition) is 1. The molecule has 0 fully saturated rings. The lowest BCUT2D eigenvalue weighted by atomic mass is 10.1. The van der Waals surface area contributed by atoms with Gasteiger partial charge in [-0.1, -0.05) is 42.5 Å². The fourth-order valence-corrected chi connectivity index (χ4v) is 3.20. The maximum Gasteiger partial charge on any atom is 0.416 e. The van der Waals surface area contributed by atoms with Crippen LogP contribution < -0.4 is 5.32 Å². The number of aromatic nitrogens is 3. The Morgan fingerprint density at radius 3 is 2.26 bits per heavy atom. The van der Waals surface area contributed by atoms with Crippen molar-refractivity contribution < 1.29 is 13.2 Å². The van der Waals surface area contributed by atoms with Crippen LogP contribution in [-0.4, -0.2) is 15.0 Å². The first kappa shape index (κ1) is 20.5. The third-order valence-corrected chi connectivity index (χ3v) is 4.81. The summed E-state index contributed by atoms with van der Waals surface area (Å²) in [5.41, 5.74) is 1.83. The number of benzene rings is 2. The van der Waals surface area contributed by atoms with E-state index in [4.69, 9.17) is 0 Å². The van der Waals surface area contributed by atoms with Crippen LogP contribution in [0, 0.1) is 0 Å². The van der Waals surface area contributed by atoms with Gasteiger partial charge < -0.3 is 5.32 Å². The van der Waals surface area contributed by atoms with E-state index in [1.54, 1.807) is 36.7 Å². The van der Waals surface area contributed by atoms with Crippen molar-refractivity contribution in [1.29, 1.82) is 0 Å². The first-order valence-electron chi connectivity index (χ1n) is 9.69. The molecule has 1 unspecified atom stereocenters. The minimum absolute atomic E-state index is 0.0595. The average Bonchev–Trinajstić information content (AvgIpc) is 2.79. The van der Waals surface area contributed by atoms with Crippen LogP contribution in [0.1, 0.15) is 24.1 Å². The lowest BCUT2D eigenvalue weighted by Crippen LogP contribution is -2.09. The Hall–Kier alpha value is -3.74. The van der Waals surface area contributed by atoms with Crippen molar-refractivity contribution in [2.45, 2.75) is 19.1 Å². The third kappa shape index (κ3) is 4.88. The summed E-state index contributed by atoms with van der Waals surface area (Å²) in [6, 6.07) is 20.1. The van der Waals surface area contributed by atoms with Gasteiger partial charge in [-0.05, 0) is 36.8 Å². The van der Waals surface area contributed by atoms with Crippen molar-refractivity contribution in [2.24, 2.45) is 0 Å². The molecule has 1 N–H and O–H groups in total. The minimum atomic E-state index is -4.43. The predicted octanol–water partition coefficient (Wildman–Crippen LogP) is 6.40. The highest BCUT2D eigenvalue weighted by Crippen LogP contribution is 2.33. The number of pyridine rings is 1. The van der Waals surface area contributed by atoms with Crippen molar-refractivity contribution in [2.75, 3.05) is 5.32 Å². The summed E-state index contributed by atoms with van der Waals surface area (Å²) in [5, 5.41) is 3.33. The first-order chi connectivity index (χ1) is 14.9. The summed E-state index contributed by atoms with van der Waals surface area (Å²) in [6.45, 7) is 1.99. The third-order valence-electron chi connectivity index (χ3n) is 4.81. The quantitative estimate of drug-likeness (QED) is 0.406. The van der Waals surface area contributed by atoms with Gasteiger partial charge in [0.05, 0.1) is 11.3 Å². The van der Waals surface area contributed by atoms with Gasteiger partial charge in [-0.2, -0.15) is 13.2 Å². The Morgan fingerprint density at radius 1 is 0.806 bits per heavy atom. The van der Waals surface area contributed by atoms with Gasteiger partial charge in [-0.25, -0.2) is 9.97 Å². The Morgan fingerprint density at radius 2 is 1.55 bits per heavy atom. The number of alkyl halides is 3. The van der Waals surface area contributed by atoms with Crippen LogP contribution in [-0.2, 0) is 6.18 Å². The van der Waals surface area contributed by atoms with E-state index in [-0.39, 0.29) is 6.04 Å². The molecule has 7 heteroatoms. The summed E-state index contributed by atoms with van der Waals surface area (Å²) in [6.07, 6.45) is -1.19. The van der Waals surface area contributed by atoms with Crippen LogP contribution in [0.5, 0.6) is 0 Å². The van der Waals surface area contributed by atoms with Gasteiger partial charge in [0.2, 0.25) is 0 Å². The molecule has 156 valence electrons. The van der Waals surface area contributed by atoms with E-state index in [1.165, 1.54) is 6.07 Å². The smallest absolute Gasteiger partial charge is 0.363 e. The maximum absolute atomic E-state index is 13.2. The Kier molecular flexibility index (Phi) is 5.66. The highest BCUT2D eigenvalue weighted by Gasteiger charge is 2.30. The zero-order valence-corrected chi connectivity index (χ0v) is 16.6. The number of nitrogens with one attached hydrogen (secondary N) is 1. The second kappa shape index (κ2) is 8.55. The lowest BCUT2D eigenvalue weighted by molar-refractivity contribution is -0.137. The van der Waals surface area contributed by atoms with E-state index in [2.05, 4.69) is 20.3 Å². The molecule has 4 rings (SSSR count). The average molecular weight is 420 g/mol. The molecule has 2 heterocycles. The van der Waals surface area contributed by atoms with Gasteiger partial charge in [0.25, 0.3) is 0 Å². The van der Waals surface area contributed by atoms with Crippen LogP contribution in [0.3, 0.4) is 0 Å². The molecule has 4 nitrogen and oxygen atoms in total. The number of anilines is 1. The van der Waals surface area contributed by atoms with Crippen molar-refractivity contribution in [3.8, 4) is 22.6 Å². The molecule has 0 saturated carbocycles. The Balaban J connectivity index is 1.77. The fraction of sp³-hybridized carbons (Fsp3) is 0.125. The summed E-state index contributed by atoms with van der Waals surface area (Å²) < 4.78 is 39.6. The van der Waals surface area contributed by atoms with Crippen molar-refractivity contribution in [1.82, 2.24) is 15.0 Å². The number of hydrogen-bond acceptors (Lipinski definition) is 4. The largest absolute Gasteiger partial charge is 0.416 e. The molecule has 0 radical (unpaired) electrons. The van der Waals surface area contributed by atoms with Crippen LogP contribution in [0.2, 0.25) is 0 Å². The van der Waals surface area contributed by atoms with Crippen molar-refractivity contribution in [3.63, 3.8) is 0 Å². The van der Waals surface area contributed by atoms with E-state index in [0.29, 0.717) is 22.9 Å². The number of halogens is 3. The van der Waals surface area contributed by atoms with Gasteiger partial charge in [0.15, 0.2) is 5.82 Å². The zero-order chi connectivity index (χ0) is 21.8. The molecule has 0 saturated heterocycles. The topological polar surface area (TPSA) is 50.7 Å². The minimum Gasteiger partial charge on any atom is -0.363 e. The van der Waals surface area contributed by atoms with E-state index < -0.39 is 11.7 Å². The second-order valence-electron chi connectivity index (χ2n) is 7.05. The molecule has 0 aliphatic carbocycles. The Bertz CT molecular complexity index is 1160. The van der Waals surface area contributed by atoms with Crippen molar-refractivity contribution in [3.05, 3.63) is 96.3 Å². The van der Waals surface area contributed by atoms with Crippen LogP contribution in [0.15, 0.2) is 85.2 Å². The van der Waals surface area contributed by atoms with Gasteiger partial charge in [0, 0.05) is 35.6 Å². The molecule has 31 heavy (non-hydrogen) atoms. The molecule has 2 aromatic carbocycles. The number of rotatable bonds is 5. The molecule has 0 spiro atoms. The van der Waals surface area contributed by atoms with Gasteiger partial charge in [-0.3, -0.25) is 4.98 Å². The van der Waals surface area contributed by atoms with Crippen LogP contribution >= 0.6 is 0 Å². The molecule has 0 aliphatic heterocycles. The lowest BCUT2D eigenvalue weighted by Gasteiger charge is -2.17. The molecular weight excluding hydrogens is 401 g/mol. The molecule has 0 aliphatic rings. The molecule has 1 atom stereocenters.